The first-order valence-electron chi connectivity index (χ1n) is 8.95. The molecule has 4 rings (SSSR count). The van der Waals surface area contributed by atoms with Gasteiger partial charge in [-0.1, -0.05) is 0 Å². The van der Waals surface area contributed by atoms with E-state index in [0.717, 1.165) is 28.3 Å². The first-order valence-corrected chi connectivity index (χ1v) is 8.95. The molecule has 1 amide bonds. The average Bonchev–Trinajstić information content (AvgIpc) is 3.30. The van der Waals surface area contributed by atoms with Crippen LogP contribution in [0.5, 0.6) is 0 Å². The van der Waals surface area contributed by atoms with E-state index in [0.29, 0.717) is 17.3 Å². The Morgan fingerprint density at radius 1 is 0.966 bits per heavy atom. The van der Waals surface area contributed by atoms with E-state index in [2.05, 4.69) is 35.9 Å². The highest BCUT2D eigenvalue weighted by molar-refractivity contribution is 6.04. The summed E-state index contributed by atoms with van der Waals surface area (Å²) in [5.41, 5.74) is 4.57. The molecule has 0 saturated heterocycles. The number of anilines is 1. The second kappa shape index (κ2) is 7.23. The summed E-state index contributed by atoms with van der Waals surface area (Å²) in [6, 6.07) is 8.97. The lowest BCUT2D eigenvalue weighted by Gasteiger charge is -2.10. The van der Waals surface area contributed by atoms with Crippen molar-refractivity contribution in [3.05, 3.63) is 64.9 Å². The van der Waals surface area contributed by atoms with Crippen molar-refractivity contribution in [1.82, 2.24) is 40.0 Å². The van der Waals surface area contributed by atoms with Crippen molar-refractivity contribution in [3.8, 4) is 11.6 Å². The zero-order valence-corrected chi connectivity index (χ0v) is 16.5. The van der Waals surface area contributed by atoms with E-state index in [4.69, 9.17) is 0 Å². The minimum absolute atomic E-state index is 0.262. The molecule has 0 fully saturated rings. The van der Waals surface area contributed by atoms with E-state index in [9.17, 15) is 4.79 Å². The number of tetrazole rings is 1. The Balaban J connectivity index is 1.63. The zero-order valence-electron chi connectivity index (χ0n) is 16.5. The number of nitrogens with zero attached hydrogens (tertiary/aromatic N) is 8. The molecule has 146 valence electrons. The number of carbonyl (C=O) groups is 1. The first kappa shape index (κ1) is 18.4. The summed E-state index contributed by atoms with van der Waals surface area (Å²) >= 11 is 0. The molecule has 3 aromatic heterocycles. The van der Waals surface area contributed by atoms with Crippen molar-refractivity contribution in [2.75, 3.05) is 5.32 Å². The Morgan fingerprint density at radius 2 is 1.72 bits per heavy atom. The minimum atomic E-state index is -0.262. The number of benzene rings is 1. The number of hydrogen-bond acceptors (Lipinski definition) is 7. The molecule has 0 saturated carbocycles. The molecular formula is C19H19N9O. The highest BCUT2D eigenvalue weighted by Gasteiger charge is 2.16. The van der Waals surface area contributed by atoms with Crippen molar-refractivity contribution in [1.29, 1.82) is 0 Å². The lowest BCUT2D eigenvalue weighted by molar-refractivity contribution is 0.102. The van der Waals surface area contributed by atoms with Gasteiger partial charge in [0.05, 0.1) is 11.4 Å². The van der Waals surface area contributed by atoms with Gasteiger partial charge in [-0.25, -0.2) is 14.6 Å². The van der Waals surface area contributed by atoms with Crippen LogP contribution in [0.4, 0.5) is 5.82 Å². The van der Waals surface area contributed by atoms with Crippen molar-refractivity contribution < 1.29 is 4.79 Å². The van der Waals surface area contributed by atoms with Gasteiger partial charge in [0.15, 0.2) is 0 Å². The normalized spacial score (nSPS) is 10.9. The highest BCUT2D eigenvalue weighted by Crippen LogP contribution is 2.19. The molecule has 1 N–H and O–H groups in total. The SMILES string of the molecule is Cc1cc(C)nc(-n2nc(C)cc2NC(=O)c2ccc(-n3cnnn3)c(C)c2)n1. The molecule has 4 aromatic rings. The molecule has 0 bridgehead atoms. The van der Waals surface area contributed by atoms with Crippen LogP contribution in [0.15, 0.2) is 36.7 Å². The molecule has 0 aliphatic rings. The Labute approximate surface area is 166 Å². The maximum absolute atomic E-state index is 12.9. The summed E-state index contributed by atoms with van der Waals surface area (Å²) in [5, 5.41) is 18.5. The fourth-order valence-corrected chi connectivity index (χ4v) is 3.06. The summed E-state index contributed by atoms with van der Waals surface area (Å²) < 4.78 is 3.09. The van der Waals surface area contributed by atoms with Crippen LogP contribution in [0.1, 0.15) is 33.0 Å². The molecular weight excluding hydrogens is 370 g/mol. The van der Waals surface area contributed by atoms with E-state index in [1.165, 1.54) is 11.0 Å². The third-order valence-corrected chi connectivity index (χ3v) is 4.29. The Bertz CT molecular complexity index is 1170. The van der Waals surface area contributed by atoms with Gasteiger partial charge in [-0.15, -0.1) is 5.10 Å². The maximum Gasteiger partial charge on any atom is 0.256 e. The molecule has 0 aliphatic heterocycles. The lowest BCUT2D eigenvalue weighted by Crippen LogP contribution is -2.17. The predicted molar refractivity (Wildman–Crippen MR) is 105 cm³/mol. The van der Waals surface area contributed by atoms with Gasteiger partial charge in [0.1, 0.15) is 12.1 Å². The Kier molecular flexibility index (Phi) is 4.59. The smallest absolute Gasteiger partial charge is 0.256 e. The Hall–Kier alpha value is -3.95. The van der Waals surface area contributed by atoms with Crippen molar-refractivity contribution in [2.45, 2.75) is 27.7 Å². The van der Waals surface area contributed by atoms with E-state index in [1.54, 1.807) is 28.9 Å². The minimum Gasteiger partial charge on any atom is -0.306 e. The van der Waals surface area contributed by atoms with Crippen LogP contribution < -0.4 is 5.32 Å². The van der Waals surface area contributed by atoms with Gasteiger partial charge in [-0.2, -0.15) is 9.78 Å². The molecule has 10 heteroatoms. The molecule has 1 aromatic carbocycles. The summed E-state index contributed by atoms with van der Waals surface area (Å²) in [6.07, 6.45) is 1.51. The van der Waals surface area contributed by atoms with Gasteiger partial charge >= 0.3 is 0 Å². The number of hydrogen-bond donors (Lipinski definition) is 1. The standard InChI is InChI=1S/C19H19N9O/c1-11-7-15(5-6-16(11)27-10-20-25-26-27)18(29)23-17-9-14(4)24-28(17)19-21-12(2)8-13(3)22-19/h5-10H,1-4H3,(H,23,29). The van der Waals surface area contributed by atoms with Gasteiger partial charge in [-0.05, 0) is 68.0 Å². The third-order valence-electron chi connectivity index (χ3n) is 4.29. The highest BCUT2D eigenvalue weighted by atomic mass is 16.1. The van der Waals surface area contributed by atoms with Crippen LogP contribution in [0.2, 0.25) is 0 Å². The van der Waals surface area contributed by atoms with Crippen LogP contribution >= 0.6 is 0 Å². The largest absolute Gasteiger partial charge is 0.306 e. The molecule has 0 radical (unpaired) electrons. The van der Waals surface area contributed by atoms with Gasteiger partial charge in [0, 0.05) is 23.0 Å². The molecule has 0 spiro atoms. The number of aromatic nitrogens is 8. The van der Waals surface area contributed by atoms with Crippen LogP contribution in [-0.2, 0) is 0 Å². The van der Waals surface area contributed by atoms with Gasteiger partial charge in [-0.3, -0.25) is 4.79 Å². The molecule has 3 heterocycles. The average molecular weight is 389 g/mol. The van der Waals surface area contributed by atoms with E-state index in [1.807, 2.05) is 33.8 Å². The number of nitrogens with one attached hydrogen (secondary N) is 1. The van der Waals surface area contributed by atoms with E-state index < -0.39 is 0 Å². The molecule has 0 aliphatic carbocycles. The maximum atomic E-state index is 12.9. The summed E-state index contributed by atoms with van der Waals surface area (Å²) in [6.45, 7) is 7.52. The van der Waals surface area contributed by atoms with Crippen LogP contribution in [0, 0.1) is 27.7 Å². The van der Waals surface area contributed by atoms with Crippen LogP contribution in [0.3, 0.4) is 0 Å². The monoisotopic (exact) mass is 389 g/mol. The quantitative estimate of drug-likeness (QED) is 0.568. The number of rotatable bonds is 4. The fraction of sp³-hybridized carbons (Fsp3) is 0.211. The molecule has 0 unspecified atom stereocenters. The van der Waals surface area contributed by atoms with E-state index in [-0.39, 0.29) is 5.91 Å². The number of aryl methyl sites for hydroxylation is 4. The molecule has 29 heavy (non-hydrogen) atoms. The van der Waals surface area contributed by atoms with E-state index >= 15 is 0 Å². The third kappa shape index (κ3) is 3.72. The second-order valence-electron chi connectivity index (χ2n) is 6.74. The van der Waals surface area contributed by atoms with Gasteiger partial charge < -0.3 is 5.32 Å². The van der Waals surface area contributed by atoms with Crippen molar-refractivity contribution in [2.24, 2.45) is 0 Å². The van der Waals surface area contributed by atoms with Crippen LogP contribution in [-0.4, -0.2) is 45.9 Å². The predicted octanol–water partition coefficient (Wildman–Crippen LogP) is 2.12. The summed E-state index contributed by atoms with van der Waals surface area (Å²) in [4.78, 5) is 21.7. The van der Waals surface area contributed by atoms with Gasteiger partial charge in [0.2, 0.25) is 0 Å². The Morgan fingerprint density at radius 3 is 2.38 bits per heavy atom. The van der Waals surface area contributed by atoms with Crippen molar-refractivity contribution >= 4 is 11.7 Å². The zero-order chi connectivity index (χ0) is 20.5. The molecule has 0 atom stereocenters. The topological polar surface area (TPSA) is 116 Å². The van der Waals surface area contributed by atoms with Crippen LogP contribution in [0.25, 0.3) is 11.6 Å². The second-order valence-corrected chi connectivity index (χ2v) is 6.74. The first-order chi connectivity index (χ1) is 13.9. The fourth-order valence-electron chi connectivity index (χ4n) is 3.06. The van der Waals surface area contributed by atoms with Gasteiger partial charge in [0.25, 0.3) is 11.9 Å². The molecule has 10 nitrogen and oxygen atoms in total. The lowest BCUT2D eigenvalue weighted by atomic mass is 10.1. The number of amides is 1. The van der Waals surface area contributed by atoms with Crippen molar-refractivity contribution in [3.63, 3.8) is 0 Å². The number of carbonyl (C=O) groups excluding carboxylic acids is 1. The summed E-state index contributed by atoms with van der Waals surface area (Å²) in [7, 11) is 0. The summed E-state index contributed by atoms with van der Waals surface area (Å²) in [5.74, 6) is 0.651.